The number of benzene rings is 1. The maximum atomic E-state index is 12.3. The topological polar surface area (TPSA) is 64.2 Å². The second-order valence-corrected chi connectivity index (χ2v) is 4.99. The van der Waals surface area contributed by atoms with E-state index in [4.69, 9.17) is 9.47 Å². The number of hydrogen-bond donors (Lipinski definition) is 2. The van der Waals surface area contributed by atoms with Gasteiger partial charge in [-0.1, -0.05) is 19.8 Å². The summed E-state index contributed by atoms with van der Waals surface area (Å²) in [6, 6.07) is 5.33. The van der Waals surface area contributed by atoms with Crippen molar-refractivity contribution in [3.8, 4) is 11.5 Å². The largest absolute Gasteiger partial charge is 1.00 e. The Hall–Kier alpha value is -1.46. The summed E-state index contributed by atoms with van der Waals surface area (Å²) < 4.78 is 10.4. The van der Waals surface area contributed by atoms with Crippen LogP contribution < -0.4 is 32.5 Å². The van der Waals surface area contributed by atoms with Gasteiger partial charge in [0.05, 0.1) is 21.3 Å². The van der Waals surface area contributed by atoms with Gasteiger partial charge in [-0.05, 0) is 18.6 Å². The Morgan fingerprint density at radius 1 is 1.23 bits per heavy atom. The number of methoxy groups -OCH3 is 2. The summed E-state index contributed by atoms with van der Waals surface area (Å²) in [5.74, 6) is 1.29. The molecule has 0 aliphatic heterocycles. The standard InChI is InChI=1S/C16H26N2O3.ClH/c1-5-6-7-8-13(17-2)16(19)18-12-9-10-14(20-3)15(11-12)21-4;/h9-11,13,17H,5-8H2,1-4H3,(H,18,19);1H. The van der Waals surface area contributed by atoms with Gasteiger partial charge in [0, 0.05) is 18.2 Å². The SMILES string of the molecule is CCCCCC([NH2+]C)C(=O)Nc1ccc(OC)c(OC)c1.[Cl-]. The number of likely N-dealkylation sites (N-methyl/N-ethyl adjacent to an activating group) is 1. The van der Waals surface area contributed by atoms with Gasteiger partial charge < -0.3 is 32.5 Å². The molecule has 0 saturated heterocycles. The van der Waals surface area contributed by atoms with Crippen molar-refractivity contribution in [3.63, 3.8) is 0 Å². The lowest BCUT2D eigenvalue weighted by Crippen LogP contribution is -3.00. The average Bonchev–Trinajstić information content (AvgIpc) is 2.51. The number of carbonyl (C=O) groups is 1. The summed E-state index contributed by atoms with van der Waals surface area (Å²) in [6.45, 7) is 2.16. The Morgan fingerprint density at radius 3 is 2.45 bits per heavy atom. The number of rotatable bonds is 9. The lowest BCUT2D eigenvalue weighted by molar-refractivity contribution is -0.650. The molecule has 0 bridgehead atoms. The van der Waals surface area contributed by atoms with E-state index < -0.39 is 0 Å². The van der Waals surface area contributed by atoms with E-state index in [2.05, 4.69) is 12.2 Å². The zero-order chi connectivity index (χ0) is 15.7. The molecule has 0 fully saturated rings. The van der Waals surface area contributed by atoms with Crippen LogP contribution in [0.4, 0.5) is 5.69 Å². The van der Waals surface area contributed by atoms with Gasteiger partial charge in [-0.15, -0.1) is 0 Å². The smallest absolute Gasteiger partial charge is 0.282 e. The molecule has 0 saturated carbocycles. The van der Waals surface area contributed by atoms with Crippen LogP contribution in [0.15, 0.2) is 18.2 Å². The molecule has 0 heterocycles. The van der Waals surface area contributed by atoms with E-state index in [0.29, 0.717) is 11.5 Å². The maximum Gasteiger partial charge on any atom is 0.282 e. The fraction of sp³-hybridized carbons (Fsp3) is 0.562. The molecule has 1 atom stereocenters. The van der Waals surface area contributed by atoms with E-state index >= 15 is 0 Å². The first-order valence-electron chi connectivity index (χ1n) is 7.48. The highest BCUT2D eigenvalue weighted by atomic mass is 35.5. The highest BCUT2D eigenvalue weighted by Crippen LogP contribution is 2.29. The van der Waals surface area contributed by atoms with Gasteiger partial charge in [0.25, 0.3) is 5.91 Å². The predicted molar refractivity (Wildman–Crippen MR) is 84.0 cm³/mol. The number of nitrogens with two attached hydrogens (primary N) is 1. The third kappa shape index (κ3) is 6.12. The van der Waals surface area contributed by atoms with Crippen molar-refractivity contribution < 1.29 is 32.0 Å². The Bertz CT molecular complexity index is 455. The molecule has 5 nitrogen and oxygen atoms in total. The summed E-state index contributed by atoms with van der Waals surface area (Å²) >= 11 is 0. The van der Waals surface area contributed by atoms with E-state index in [0.717, 1.165) is 31.4 Å². The first-order valence-corrected chi connectivity index (χ1v) is 7.48. The van der Waals surface area contributed by atoms with Crippen LogP contribution in [0, 0.1) is 0 Å². The number of ether oxygens (including phenoxy) is 2. The van der Waals surface area contributed by atoms with E-state index in [1.54, 1.807) is 26.4 Å². The number of carbonyl (C=O) groups excluding carboxylic acids is 1. The second-order valence-electron chi connectivity index (χ2n) is 4.99. The van der Waals surface area contributed by atoms with Crippen LogP contribution in [-0.2, 0) is 4.79 Å². The predicted octanol–water partition coefficient (Wildman–Crippen LogP) is -1.21. The van der Waals surface area contributed by atoms with Crippen LogP contribution in [0.25, 0.3) is 0 Å². The van der Waals surface area contributed by atoms with Gasteiger partial charge >= 0.3 is 0 Å². The molecule has 1 aromatic rings. The molecule has 0 aliphatic rings. The molecule has 0 aliphatic carbocycles. The highest BCUT2D eigenvalue weighted by Gasteiger charge is 2.20. The Morgan fingerprint density at radius 2 is 1.91 bits per heavy atom. The third-order valence-electron chi connectivity index (χ3n) is 3.51. The quantitative estimate of drug-likeness (QED) is 0.558. The van der Waals surface area contributed by atoms with Crippen LogP contribution >= 0.6 is 0 Å². The van der Waals surface area contributed by atoms with E-state index in [9.17, 15) is 4.79 Å². The maximum absolute atomic E-state index is 12.3. The van der Waals surface area contributed by atoms with Crippen LogP contribution in [0.1, 0.15) is 32.6 Å². The minimum absolute atomic E-state index is 0. The monoisotopic (exact) mass is 330 g/mol. The van der Waals surface area contributed by atoms with Crippen molar-refractivity contribution in [1.82, 2.24) is 0 Å². The molecule has 0 spiro atoms. The number of unbranched alkanes of at least 4 members (excludes halogenated alkanes) is 2. The summed E-state index contributed by atoms with van der Waals surface area (Å²) in [7, 11) is 5.10. The van der Waals surface area contributed by atoms with Crippen molar-refractivity contribution in [1.29, 1.82) is 0 Å². The van der Waals surface area contributed by atoms with Gasteiger partial charge in [0.1, 0.15) is 0 Å². The number of anilines is 1. The molecule has 1 rings (SSSR count). The fourth-order valence-corrected chi connectivity index (χ4v) is 2.21. The number of quaternary nitrogens is 1. The third-order valence-corrected chi connectivity index (χ3v) is 3.51. The van der Waals surface area contributed by atoms with Crippen LogP contribution in [-0.4, -0.2) is 33.2 Å². The molecule has 0 radical (unpaired) electrons. The first kappa shape index (κ1) is 20.5. The van der Waals surface area contributed by atoms with E-state index in [-0.39, 0.29) is 24.4 Å². The van der Waals surface area contributed by atoms with Crippen molar-refractivity contribution in [2.45, 2.75) is 38.6 Å². The van der Waals surface area contributed by atoms with Crippen LogP contribution in [0.5, 0.6) is 11.5 Å². The Labute approximate surface area is 139 Å². The molecular weight excluding hydrogens is 304 g/mol. The molecule has 126 valence electrons. The fourth-order valence-electron chi connectivity index (χ4n) is 2.21. The number of hydrogen-bond acceptors (Lipinski definition) is 3. The number of amides is 1. The summed E-state index contributed by atoms with van der Waals surface area (Å²) in [4.78, 5) is 12.3. The highest BCUT2D eigenvalue weighted by molar-refractivity contribution is 5.94. The van der Waals surface area contributed by atoms with E-state index in [1.165, 1.54) is 0 Å². The van der Waals surface area contributed by atoms with Gasteiger partial charge in [-0.2, -0.15) is 0 Å². The minimum atomic E-state index is -0.0513. The van der Waals surface area contributed by atoms with Crippen LogP contribution in [0.3, 0.4) is 0 Å². The second kappa shape index (κ2) is 11.2. The van der Waals surface area contributed by atoms with Crippen molar-refractivity contribution in [2.24, 2.45) is 0 Å². The number of halogens is 1. The molecule has 1 unspecified atom stereocenters. The average molecular weight is 331 g/mol. The normalized spacial score (nSPS) is 11.3. The van der Waals surface area contributed by atoms with Gasteiger partial charge in [0.2, 0.25) is 0 Å². The number of nitrogens with one attached hydrogen (secondary N) is 1. The molecule has 6 heteroatoms. The molecule has 1 amide bonds. The Kier molecular flexibility index (Phi) is 10.4. The summed E-state index contributed by atoms with van der Waals surface area (Å²) in [5, 5.41) is 4.90. The molecular formula is C16H27ClN2O3. The van der Waals surface area contributed by atoms with E-state index in [1.807, 2.05) is 18.4 Å². The zero-order valence-corrected chi connectivity index (χ0v) is 14.6. The minimum Gasteiger partial charge on any atom is -1.00 e. The first-order chi connectivity index (χ1) is 10.2. The van der Waals surface area contributed by atoms with Crippen molar-refractivity contribution in [3.05, 3.63) is 18.2 Å². The van der Waals surface area contributed by atoms with Crippen molar-refractivity contribution >= 4 is 11.6 Å². The van der Waals surface area contributed by atoms with Gasteiger partial charge in [0.15, 0.2) is 17.5 Å². The molecule has 1 aromatic carbocycles. The van der Waals surface area contributed by atoms with Gasteiger partial charge in [-0.25, -0.2) is 0 Å². The lowest BCUT2D eigenvalue weighted by atomic mass is 10.1. The molecule has 0 aromatic heterocycles. The van der Waals surface area contributed by atoms with Gasteiger partial charge in [-0.3, -0.25) is 4.79 Å². The summed E-state index contributed by atoms with van der Waals surface area (Å²) in [6.07, 6.45) is 4.29. The molecule has 22 heavy (non-hydrogen) atoms. The zero-order valence-electron chi connectivity index (χ0n) is 13.8. The van der Waals surface area contributed by atoms with Crippen molar-refractivity contribution in [2.75, 3.05) is 26.6 Å². The summed E-state index contributed by atoms with van der Waals surface area (Å²) in [5.41, 5.74) is 0.722. The van der Waals surface area contributed by atoms with Crippen LogP contribution in [0.2, 0.25) is 0 Å². The molecule has 3 N–H and O–H groups in total. The lowest BCUT2D eigenvalue weighted by Gasteiger charge is -2.14. The Balaban J connectivity index is 0.00000441.